The smallest absolute Gasteiger partial charge is 0.311 e. The molecular weight excluding hydrogens is 469 g/mol. The number of rotatable bonds is 5. The summed E-state index contributed by atoms with van der Waals surface area (Å²) in [6.45, 7) is 0. The van der Waals surface area contributed by atoms with Crippen LogP contribution in [-0.4, -0.2) is 34.4 Å². The number of benzene rings is 1. The van der Waals surface area contributed by atoms with Gasteiger partial charge in [-0.3, -0.25) is 4.79 Å². The Kier molecular flexibility index (Phi) is 5.40. The van der Waals surface area contributed by atoms with Gasteiger partial charge in [0, 0.05) is 7.05 Å². The van der Waals surface area contributed by atoms with Crippen LogP contribution in [0.25, 0.3) is 10.9 Å². The van der Waals surface area contributed by atoms with Crippen LogP contribution >= 0.6 is 0 Å². The maximum atomic E-state index is 14.3. The number of nitrogens with zero attached hydrogens (tertiary/aromatic N) is 1. The molecule has 0 amide bonds. The molecule has 0 N–H and O–H groups in total. The van der Waals surface area contributed by atoms with E-state index in [0.717, 1.165) is 18.2 Å². The Hall–Kier alpha value is -2.48. The second-order valence-corrected chi connectivity index (χ2v) is 6.35. The van der Waals surface area contributed by atoms with Gasteiger partial charge in [0.05, 0.1) is 11.1 Å². The van der Waals surface area contributed by atoms with E-state index >= 15 is 0 Å². The summed E-state index contributed by atoms with van der Waals surface area (Å²) in [5, 5.41) is -0.453. The van der Waals surface area contributed by atoms with Crippen molar-refractivity contribution in [3.05, 3.63) is 46.2 Å². The molecule has 174 valence electrons. The SMILES string of the molecule is Cn1c(=O)c(C(F)(F)C(F)(F)C(F)(F)C(F)(F)C(F)(F)C(F)(F)F)cc2ccccc21. The molecule has 15 heteroatoms. The number of aryl methyl sites for hydroxylation is 1. The molecule has 0 fully saturated rings. The lowest BCUT2D eigenvalue weighted by molar-refractivity contribution is -0.441. The minimum atomic E-state index is -8.02. The fraction of sp³-hybridized carbons (Fsp3) is 0.438. The molecule has 0 unspecified atom stereocenters. The highest BCUT2D eigenvalue weighted by Gasteiger charge is 2.91. The third-order valence-electron chi connectivity index (χ3n) is 4.40. The van der Waals surface area contributed by atoms with Gasteiger partial charge in [-0.15, -0.1) is 0 Å². The number of pyridine rings is 1. The van der Waals surface area contributed by atoms with Crippen LogP contribution in [-0.2, 0) is 13.0 Å². The molecule has 0 bridgehead atoms. The van der Waals surface area contributed by atoms with E-state index in [-0.39, 0.29) is 16.2 Å². The van der Waals surface area contributed by atoms with E-state index in [0.29, 0.717) is 7.05 Å². The van der Waals surface area contributed by atoms with E-state index in [1.54, 1.807) is 0 Å². The van der Waals surface area contributed by atoms with Crippen molar-refractivity contribution in [1.82, 2.24) is 4.57 Å². The van der Waals surface area contributed by atoms with Crippen LogP contribution < -0.4 is 5.56 Å². The molecule has 0 aliphatic rings. The summed E-state index contributed by atoms with van der Waals surface area (Å²) in [7, 11) is 0.715. The Balaban J connectivity index is 2.77. The van der Waals surface area contributed by atoms with Crippen LogP contribution in [0.3, 0.4) is 0 Å². The van der Waals surface area contributed by atoms with Gasteiger partial charge in [0.25, 0.3) is 5.56 Å². The van der Waals surface area contributed by atoms with Crippen molar-refractivity contribution in [1.29, 1.82) is 0 Å². The quantitative estimate of drug-likeness (QED) is 0.504. The van der Waals surface area contributed by atoms with Crippen molar-refractivity contribution in [2.75, 3.05) is 0 Å². The van der Waals surface area contributed by atoms with Gasteiger partial charge in [-0.1, -0.05) is 18.2 Å². The van der Waals surface area contributed by atoms with Gasteiger partial charge in [-0.25, -0.2) is 0 Å². The van der Waals surface area contributed by atoms with Gasteiger partial charge in [-0.05, 0) is 17.5 Å². The van der Waals surface area contributed by atoms with E-state index in [9.17, 15) is 61.9 Å². The van der Waals surface area contributed by atoms with Crippen molar-refractivity contribution in [3.63, 3.8) is 0 Å². The first-order valence-electron chi connectivity index (χ1n) is 7.71. The van der Waals surface area contributed by atoms with Gasteiger partial charge in [-0.2, -0.15) is 57.1 Å². The Bertz CT molecular complexity index is 1050. The summed E-state index contributed by atoms with van der Waals surface area (Å²) in [4.78, 5) is 12.0. The molecule has 0 atom stereocenters. The highest BCUT2D eigenvalue weighted by molar-refractivity contribution is 5.79. The molecule has 1 heterocycles. The predicted octanol–water partition coefficient (Wildman–Crippen LogP) is 5.73. The number of hydrogen-bond acceptors (Lipinski definition) is 1. The Morgan fingerprint density at radius 2 is 1.13 bits per heavy atom. The van der Waals surface area contributed by atoms with Crippen molar-refractivity contribution >= 4 is 10.9 Å². The molecule has 2 rings (SSSR count). The van der Waals surface area contributed by atoms with Gasteiger partial charge in [0.1, 0.15) is 0 Å². The summed E-state index contributed by atoms with van der Waals surface area (Å²) in [5.41, 5.74) is -4.83. The summed E-state index contributed by atoms with van der Waals surface area (Å²) in [6, 6.07) is 4.32. The van der Waals surface area contributed by atoms with Crippen molar-refractivity contribution < 1.29 is 57.1 Å². The lowest BCUT2D eigenvalue weighted by Gasteiger charge is -2.39. The molecule has 0 aliphatic carbocycles. The number of fused-ring (bicyclic) bond motifs is 1. The maximum Gasteiger partial charge on any atom is 0.460 e. The molecular formula is C16H8F13NO. The molecule has 1 aromatic carbocycles. The second-order valence-electron chi connectivity index (χ2n) is 6.35. The number of aromatic nitrogens is 1. The fourth-order valence-corrected chi connectivity index (χ4v) is 2.59. The average Bonchev–Trinajstić information content (AvgIpc) is 2.62. The normalized spacial score (nSPS) is 14.9. The van der Waals surface area contributed by atoms with E-state index in [4.69, 9.17) is 0 Å². The van der Waals surface area contributed by atoms with Crippen LogP contribution in [0.15, 0.2) is 35.1 Å². The summed E-state index contributed by atoms with van der Waals surface area (Å²) < 4.78 is 173. The third-order valence-corrected chi connectivity index (χ3v) is 4.40. The molecule has 0 spiro atoms. The zero-order chi connectivity index (χ0) is 24.4. The van der Waals surface area contributed by atoms with Gasteiger partial charge in [0.15, 0.2) is 0 Å². The van der Waals surface area contributed by atoms with E-state index in [1.807, 2.05) is 0 Å². The lowest BCUT2D eigenvalue weighted by Crippen LogP contribution is -2.69. The first-order chi connectivity index (χ1) is 13.7. The van der Waals surface area contributed by atoms with Crippen LogP contribution in [0.2, 0.25) is 0 Å². The number of alkyl halides is 13. The molecule has 0 radical (unpaired) electrons. The lowest BCUT2D eigenvalue weighted by atomic mass is 9.90. The second kappa shape index (κ2) is 6.76. The van der Waals surface area contributed by atoms with Crippen LogP contribution in [0.1, 0.15) is 5.56 Å². The molecule has 0 aliphatic heterocycles. The van der Waals surface area contributed by atoms with E-state index in [2.05, 4.69) is 0 Å². The Labute approximate surface area is 162 Å². The molecule has 0 saturated heterocycles. The van der Waals surface area contributed by atoms with Crippen molar-refractivity contribution in [3.8, 4) is 0 Å². The summed E-state index contributed by atoms with van der Waals surface area (Å²) >= 11 is 0. The first kappa shape index (κ1) is 24.8. The number of halogens is 13. The number of hydrogen-bond donors (Lipinski definition) is 0. The molecule has 0 saturated carbocycles. The highest BCUT2D eigenvalue weighted by Crippen LogP contribution is 2.61. The number of para-hydroxylation sites is 1. The van der Waals surface area contributed by atoms with Crippen molar-refractivity contribution in [2.45, 2.75) is 35.8 Å². The minimum absolute atomic E-state index is 0.0816. The predicted molar refractivity (Wildman–Crippen MR) is 78.9 cm³/mol. The molecule has 1 aromatic heterocycles. The standard InChI is InChI=1S/C16H8F13NO/c1-30-9-5-3-2-4-7(9)6-8(10(30)31)11(17,18)12(19,20)13(21,22)14(23,24)15(25,26)16(27,28)29/h2-6H,1H3. The van der Waals surface area contributed by atoms with Gasteiger partial charge >= 0.3 is 35.8 Å². The van der Waals surface area contributed by atoms with E-state index in [1.165, 1.54) is 6.07 Å². The van der Waals surface area contributed by atoms with Crippen LogP contribution in [0.5, 0.6) is 0 Å². The molecule has 31 heavy (non-hydrogen) atoms. The minimum Gasteiger partial charge on any atom is -0.311 e. The zero-order valence-corrected chi connectivity index (χ0v) is 14.7. The summed E-state index contributed by atoms with van der Waals surface area (Å²) in [6.07, 6.45) is -7.50. The van der Waals surface area contributed by atoms with Crippen LogP contribution in [0.4, 0.5) is 57.1 Å². The molecule has 2 aromatic rings. The maximum absolute atomic E-state index is 14.3. The van der Waals surface area contributed by atoms with Crippen LogP contribution in [0, 0.1) is 0 Å². The Morgan fingerprint density at radius 3 is 1.61 bits per heavy atom. The summed E-state index contributed by atoms with van der Waals surface area (Å²) in [5.74, 6) is -38.0. The highest BCUT2D eigenvalue weighted by atomic mass is 19.4. The topological polar surface area (TPSA) is 22.0 Å². The largest absolute Gasteiger partial charge is 0.460 e. The fourth-order valence-electron chi connectivity index (χ4n) is 2.59. The third kappa shape index (κ3) is 3.14. The zero-order valence-electron chi connectivity index (χ0n) is 14.7. The molecule has 2 nitrogen and oxygen atoms in total. The monoisotopic (exact) mass is 477 g/mol. The van der Waals surface area contributed by atoms with E-state index < -0.39 is 52.3 Å². The first-order valence-corrected chi connectivity index (χ1v) is 7.71. The Morgan fingerprint density at radius 1 is 0.677 bits per heavy atom. The van der Waals surface area contributed by atoms with Crippen molar-refractivity contribution in [2.24, 2.45) is 7.05 Å². The van der Waals surface area contributed by atoms with Gasteiger partial charge < -0.3 is 4.57 Å². The van der Waals surface area contributed by atoms with Gasteiger partial charge in [0.2, 0.25) is 0 Å². The average molecular weight is 477 g/mol.